The van der Waals surface area contributed by atoms with Gasteiger partial charge in [-0.2, -0.15) is 5.26 Å². The first-order valence-electron chi connectivity index (χ1n) is 6.97. The van der Waals surface area contributed by atoms with Crippen LogP contribution in [-0.2, 0) is 10.0 Å². The Morgan fingerprint density at radius 3 is 2.62 bits per heavy atom. The monoisotopic (exact) mass is 340 g/mol. The highest BCUT2D eigenvalue weighted by Gasteiger charge is 2.18. The van der Waals surface area contributed by atoms with Crippen LogP contribution in [0.4, 0.5) is 5.69 Å². The maximum atomic E-state index is 12.5. The summed E-state index contributed by atoms with van der Waals surface area (Å²) in [5.41, 5.74) is 0.811. The molecule has 0 atom stereocenters. The molecule has 0 saturated heterocycles. The molecular formula is C17H12N2O4S. The summed E-state index contributed by atoms with van der Waals surface area (Å²) in [7, 11) is -3.94. The van der Waals surface area contributed by atoms with Crippen molar-refractivity contribution in [2.24, 2.45) is 0 Å². The van der Waals surface area contributed by atoms with Crippen molar-refractivity contribution in [3.05, 3.63) is 70.1 Å². The normalized spacial score (nSPS) is 11.2. The molecule has 0 unspecified atom stereocenters. The minimum absolute atomic E-state index is 0.0492. The molecule has 0 spiro atoms. The van der Waals surface area contributed by atoms with E-state index >= 15 is 0 Å². The van der Waals surface area contributed by atoms with Crippen LogP contribution in [0.5, 0.6) is 0 Å². The van der Waals surface area contributed by atoms with E-state index in [0.29, 0.717) is 0 Å². The Labute approximate surface area is 138 Å². The molecule has 1 heterocycles. The van der Waals surface area contributed by atoms with Crippen LogP contribution in [0.2, 0.25) is 0 Å². The van der Waals surface area contributed by atoms with Crippen molar-refractivity contribution >= 4 is 26.7 Å². The molecule has 0 amide bonds. The first-order chi connectivity index (χ1) is 11.4. The van der Waals surface area contributed by atoms with Crippen molar-refractivity contribution in [2.75, 3.05) is 4.72 Å². The van der Waals surface area contributed by atoms with Gasteiger partial charge >= 0.3 is 5.63 Å². The highest BCUT2D eigenvalue weighted by atomic mass is 32.2. The lowest BCUT2D eigenvalue weighted by Gasteiger charge is -2.10. The van der Waals surface area contributed by atoms with E-state index in [1.165, 1.54) is 30.3 Å². The van der Waals surface area contributed by atoms with Crippen LogP contribution in [0.3, 0.4) is 0 Å². The minimum atomic E-state index is -3.94. The first-order valence-corrected chi connectivity index (χ1v) is 8.45. The molecule has 2 aromatic carbocycles. The Balaban J connectivity index is 2.06. The molecule has 7 heteroatoms. The average molecular weight is 340 g/mol. The number of rotatable bonds is 3. The number of nitriles is 1. The van der Waals surface area contributed by atoms with E-state index in [9.17, 15) is 13.2 Å². The van der Waals surface area contributed by atoms with Gasteiger partial charge in [0.1, 0.15) is 16.5 Å². The van der Waals surface area contributed by atoms with Crippen molar-refractivity contribution < 1.29 is 12.8 Å². The molecule has 0 aliphatic carbocycles. The second-order valence-electron chi connectivity index (χ2n) is 5.17. The number of nitrogens with zero attached hydrogens (tertiary/aromatic N) is 1. The fourth-order valence-electron chi connectivity index (χ4n) is 2.39. The van der Waals surface area contributed by atoms with Crippen LogP contribution in [0.1, 0.15) is 11.1 Å². The third-order valence-corrected chi connectivity index (χ3v) is 4.94. The van der Waals surface area contributed by atoms with Crippen molar-refractivity contribution in [3.8, 4) is 6.07 Å². The zero-order valence-corrected chi connectivity index (χ0v) is 13.4. The van der Waals surface area contributed by atoms with Gasteiger partial charge in [0.05, 0.1) is 11.3 Å². The summed E-state index contributed by atoms with van der Waals surface area (Å²) in [5, 5.41) is 9.78. The Morgan fingerprint density at radius 1 is 1.12 bits per heavy atom. The van der Waals surface area contributed by atoms with Gasteiger partial charge in [-0.3, -0.25) is 4.72 Å². The Morgan fingerprint density at radius 2 is 1.88 bits per heavy atom. The third kappa shape index (κ3) is 2.87. The number of aryl methyl sites for hydroxylation is 1. The molecular weight excluding hydrogens is 328 g/mol. The largest absolute Gasteiger partial charge is 0.423 e. The van der Waals surface area contributed by atoms with Crippen LogP contribution in [0.15, 0.2) is 62.6 Å². The van der Waals surface area contributed by atoms with Crippen molar-refractivity contribution in [3.63, 3.8) is 0 Å². The molecule has 0 saturated carbocycles. The van der Waals surface area contributed by atoms with Gasteiger partial charge < -0.3 is 4.42 Å². The van der Waals surface area contributed by atoms with Gasteiger partial charge in [0, 0.05) is 17.5 Å². The summed E-state index contributed by atoms with van der Waals surface area (Å²) in [5.74, 6) is 0. The number of anilines is 1. The predicted octanol–water partition coefficient (Wildman–Crippen LogP) is 2.77. The van der Waals surface area contributed by atoms with Crippen LogP contribution in [0, 0.1) is 18.3 Å². The van der Waals surface area contributed by atoms with Gasteiger partial charge in [0.2, 0.25) is 0 Å². The average Bonchev–Trinajstić information content (AvgIpc) is 2.54. The Hall–Kier alpha value is -3.11. The second kappa shape index (κ2) is 5.83. The molecule has 120 valence electrons. The molecule has 0 radical (unpaired) electrons. The molecule has 1 aromatic heterocycles. The van der Waals surface area contributed by atoms with Crippen LogP contribution in [0.25, 0.3) is 11.0 Å². The first kappa shape index (κ1) is 15.8. The van der Waals surface area contributed by atoms with E-state index in [0.717, 1.165) is 10.9 Å². The van der Waals surface area contributed by atoms with Gasteiger partial charge in [-0.1, -0.05) is 12.1 Å². The van der Waals surface area contributed by atoms with Gasteiger partial charge in [-0.15, -0.1) is 0 Å². The van der Waals surface area contributed by atoms with E-state index in [2.05, 4.69) is 4.72 Å². The number of hydrogen-bond acceptors (Lipinski definition) is 5. The maximum Gasteiger partial charge on any atom is 0.336 e. The maximum absolute atomic E-state index is 12.5. The number of sulfonamides is 1. The molecule has 0 aliphatic rings. The van der Waals surface area contributed by atoms with Gasteiger partial charge in [0.15, 0.2) is 0 Å². The fraction of sp³-hybridized carbons (Fsp3) is 0.0588. The lowest BCUT2D eigenvalue weighted by Crippen LogP contribution is -2.14. The summed E-state index contributed by atoms with van der Waals surface area (Å²) in [6.45, 7) is 1.77. The molecule has 24 heavy (non-hydrogen) atoms. The highest BCUT2D eigenvalue weighted by Crippen LogP contribution is 2.24. The quantitative estimate of drug-likeness (QED) is 0.739. The lowest BCUT2D eigenvalue weighted by molar-refractivity contribution is 0.560. The number of nitrogens with one attached hydrogen (secondary N) is 1. The SMILES string of the molecule is Cc1cc(=O)oc2cc(NS(=O)(=O)c3ccccc3C#N)ccc12. The summed E-state index contributed by atoms with van der Waals surface area (Å²) in [6, 6.07) is 13.8. The molecule has 6 nitrogen and oxygen atoms in total. The topological polar surface area (TPSA) is 100 Å². The molecule has 3 rings (SSSR count). The van der Waals surface area contributed by atoms with Gasteiger partial charge in [-0.05, 0) is 36.8 Å². The predicted molar refractivity (Wildman–Crippen MR) is 89.2 cm³/mol. The van der Waals surface area contributed by atoms with Crippen molar-refractivity contribution in [2.45, 2.75) is 11.8 Å². The van der Waals surface area contributed by atoms with E-state index in [1.807, 2.05) is 6.07 Å². The van der Waals surface area contributed by atoms with E-state index in [-0.39, 0.29) is 21.7 Å². The van der Waals surface area contributed by atoms with Gasteiger partial charge in [0.25, 0.3) is 10.0 Å². The summed E-state index contributed by atoms with van der Waals surface area (Å²) in [6.07, 6.45) is 0. The van der Waals surface area contributed by atoms with E-state index in [1.54, 1.807) is 25.1 Å². The van der Waals surface area contributed by atoms with Crippen LogP contribution in [-0.4, -0.2) is 8.42 Å². The van der Waals surface area contributed by atoms with Gasteiger partial charge in [-0.25, -0.2) is 13.2 Å². The molecule has 0 fully saturated rings. The van der Waals surface area contributed by atoms with E-state index < -0.39 is 15.6 Å². The lowest BCUT2D eigenvalue weighted by atomic mass is 10.1. The molecule has 3 aromatic rings. The smallest absolute Gasteiger partial charge is 0.336 e. The summed E-state index contributed by atoms with van der Waals surface area (Å²) < 4.78 is 32.5. The second-order valence-corrected chi connectivity index (χ2v) is 6.82. The fourth-order valence-corrected chi connectivity index (χ4v) is 3.60. The third-order valence-electron chi connectivity index (χ3n) is 3.50. The summed E-state index contributed by atoms with van der Waals surface area (Å²) >= 11 is 0. The summed E-state index contributed by atoms with van der Waals surface area (Å²) in [4.78, 5) is 11.4. The number of fused-ring (bicyclic) bond motifs is 1. The highest BCUT2D eigenvalue weighted by molar-refractivity contribution is 7.92. The van der Waals surface area contributed by atoms with Crippen molar-refractivity contribution in [1.29, 1.82) is 5.26 Å². The molecule has 0 aliphatic heterocycles. The standard InChI is InChI=1S/C17H12N2O4S/c1-11-8-17(20)23-15-9-13(6-7-14(11)15)19-24(21,22)16-5-3-2-4-12(16)10-18/h2-9,19H,1H3. The number of hydrogen-bond donors (Lipinski definition) is 1. The number of benzene rings is 2. The minimum Gasteiger partial charge on any atom is -0.423 e. The van der Waals surface area contributed by atoms with Crippen LogP contribution < -0.4 is 10.3 Å². The molecule has 1 N–H and O–H groups in total. The Bertz CT molecular complexity index is 1140. The van der Waals surface area contributed by atoms with E-state index in [4.69, 9.17) is 9.68 Å². The zero-order valence-electron chi connectivity index (χ0n) is 12.6. The molecule has 0 bridgehead atoms. The van der Waals surface area contributed by atoms with Crippen molar-refractivity contribution in [1.82, 2.24) is 0 Å². The van der Waals surface area contributed by atoms with Crippen LogP contribution >= 0.6 is 0 Å². The Kier molecular flexibility index (Phi) is 3.83. The zero-order chi connectivity index (χ0) is 17.3.